The summed E-state index contributed by atoms with van der Waals surface area (Å²) >= 11 is 0. The number of nitrogens with zero attached hydrogens (tertiary/aromatic N) is 5. The highest BCUT2D eigenvalue weighted by Crippen LogP contribution is 2.31. The second-order valence-corrected chi connectivity index (χ2v) is 10.2. The molecule has 1 fully saturated rings. The number of amides is 1. The average molecular weight is 524 g/mol. The van der Waals surface area contributed by atoms with Crippen molar-refractivity contribution in [3.63, 3.8) is 0 Å². The molecule has 0 radical (unpaired) electrons. The number of benzene rings is 2. The van der Waals surface area contributed by atoms with Crippen LogP contribution in [0.1, 0.15) is 50.9 Å². The van der Waals surface area contributed by atoms with E-state index in [0.29, 0.717) is 25.6 Å². The largest absolute Gasteiger partial charge is 0.354 e. The molecule has 0 saturated carbocycles. The zero-order valence-electron chi connectivity index (χ0n) is 23.0. The Kier molecular flexibility index (Phi) is 9.15. The molecule has 6 nitrogen and oxygen atoms in total. The average Bonchev–Trinajstić information content (AvgIpc) is 3.28. The van der Waals surface area contributed by atoms with Gasteiger partial charge in [-0.1, -0.05) is 26.0 Å². The summed E-state index contributed by atoms with van der Waals surface area (Å²) in [6, 6.07) is 13.0. The van der Waals surface area contributed by atoms with Crippen LogP contribution in [-0.4, -0.2) is 64.3 Å². The van der Waals surface area contributed by atoms with Crippen molar-refractivity contribution >= 4 is 11.7 Å². The molecule has 2 heterocycles. The fourth-order valence-electron chi connectivity index (χ4n) is 5.11. The Labute approximate surface area is 224 Å². The first-order valence-corrected chi connectivity index (χ1v) is 13.7. The summed E-state index contributed by atoms with van der Waals surface area (Å²) in [6.45, 7) is 13.2. The molecule has 3 aromatic rings. The first-order valence-electron chi connectivity index (χ1n) is 13.7. The van der Waals surface area contributed by atoms with Gasteiger partial charge < -0.3 is 9.80 Å². The van der Waals surface area contributed by atoms with Crippen LogP contribution in [0.4, 0.5) is 14.6 Å². The normalized spacial score (nSPS) is 14.3. The van der Waals surface area contributed by atoms with Crippen molar-refractivity contribution in [1.29, 1.82) is 0 Å². The summed E-state index contributed by atoms with van der Waals surface area (Å²) in [5, 5.41) is 4.98. The third-order valence-electron chi connectivity index (χ3n) is 7.25. The van der Waals surface area contributed by atoms with Gasteiger partial charge in [-0.3, -0.25) is 9.69 Å². The van der Waals surface area contributed by atoms with Gasteiger partial charge in [0.1, 0.15) is 17.5 Å². The van der Waals surface area contributed by atoms with Gasteiger partial charge in [0.2, 0.25) is 5.91 Å². The van der Waals surface area contributed by atoms with Crippen molar-refractivity contribution in [2.75, 3.05) is 37.6 Å². The van der Waals surface area contributed by atoms with Crippen LogP contribution >= 0.6 is 0 Å². The topological polar surface area (TPSA) is 44.6 Å². The molecule has 0 atom stereocenters. The molecular formula is C30H39F2N5O. The Morgan fingerprint density at radius 1 is 0.947 bits per heavy atom. The van der Waals surface area contributed by atoms with E-state index in [9.17, 15) is 13.6 Å². The van der Waals surface area contributed by atoms with Gasteiger partial charge in [0.05, 0.1) is 24.3 Å². The molecule has 1 aliphatic rings. The number of hydrogen-bond acceptors (Lipinski definition) is 4. The summed E-state index contributed by atoms with van der Waals surface area (Å²) in [5.41, 5.74) is 3.57. The summed E-state index contributed by atoms with van der Waals surface area (Å²) in [7, 11) is 0. The van der Waals surface area contributed by atoms with Crippen molar-refractivity contribution in [1.82, 2.24) is 19.6 Å². The molecule has 204 valence electrons. The lowest BCUT2D eigenvalue weighted by molar-refractivity contribution is -0.131. The highest BCUT2D eigenvalue weighted by atomic mass is 19.1. The Morgan fingerprint density at radius 2 is 1.55 bits per heavy atom. The monoisotopic (exact) mass is 523 g/mol. The molecule has 1 amide bonds. The number of carbonyl (C=O) groups is 1. The maximum absolute atomic E-state index is 13.8. The van der Waals surface area contributed by atoms with Gasteiger partial charge in [-0.2, -0.15) is 5.10 Å². The first-order chi connectivity index (χ1) is 18.3. The molecule has 0 bridgehead atoms. The molecule has 0 spiro atoms. The quantitative estimate of drug-likeness (QED) is 0.365. The molecule has 1 aliphatic heterocycles. The molecule has 1 saturated heterocycles. The van der Waals surface area contributed by atoms with Crippen molar-refractivity contribution < 1.29 is 13.6 Å². The van der Waals surface area contributed by atoms with Gasteiger partial charge >= 0.3 is 0 Å². The molecule has 0 N–H and O–H groups in total. The minimum absolute atomic E-state index is 0.00520. The van der Waals surface area contributed by atoms with Crippen LogP contribution in [0.25, 0.3) is 5.69 Å². The minimum Gasteiger partial charge on any atom is -0.354 e. The number of hydrogen-bond donors (Lipinski definition) is 0. The SMILES string of the molecule is CCCN(Cc1c(CC)nn(-c2ccc(F)cc2)c1N1CCN(C(C)C)CC1)C(=O)Cc1ccc(F)cc1. The zero-order valence-corrected chi connectivity index (χ0v) is 23.0. The van der Waals surface area contributed by atoms with E-state index < -0.39 is 0 Å². The van der Waals surface area contributed by atoms with E-state index in [2.05, 4.69) is 37.5 Å². The molecule has 1 aromatic heterocycles. The van der Waals surface area contributed by atoms with Crippen LogP contribution in [-0.2, 0) is 24.2 Å². The number of halogens is 2. The van der Waals surface area contributed by atoms with Gasteiger partial charge in [0, 0.05) is 44.3 Å². The van der Waals surface area contributed by atoms with Crippen LogP contribution in [0.15, 0.2) is 48.5 Å². The Balaban J connectivity index is 1.70. The third-order valence-corrected chi connectivity index (χ3v) is 7.25. The maximum Gasteiger partial charge on any atom is 0.227 e. The standard InChI is InChI=1S/C30H39F2N5O/c1-5-15-36(29(38)20-23-7-9-24(31)10-8-23)21-27-28(6-2)33-37(26-13-11-25(32)12-14-26)30(27)35-18-16-34(17-19-35)22(3)4/h7-14,22H,5-6,15-21H2,1-4H3. The first kappa shape index (κ1) is 27.8. The predicted molar refractivity (Wildman–Crippen MR) is 148 cm³/mol. The van der Waals surface area contributed by atoms with Crippen molar-refractivity contribution in [3.8, 4) is 5.69 Å². The molecule has 2 aromatic carbocycles. The van der Waals surface area contributed by atoms with E-state index >= 15 is 0 Å². The smallest absolute Gasteiger partial charge is 0.227 e. The van der Waals surface area contributed by atoms with E-state index in [1.165, 1.54) is 24.3 Å². The molecule has 38 heavy (non-hydrogen) atoms. The van der Waals surface area contributed by atoms with E-state index in [4.69, 9.17) is 5.10 Å². The van der Waals surface area contributed by atoms with Gasteiger partial charge in [-0.25, -0.2) is 13.5 Å². The fourth-order valence-corrected chi connectivity index (χ4v) is 5.11. The third kappa shape index (κ3) is 6.41. The minimum atomic E-state index is -0.311. The summed E-state index contributed by atoms with van der Waals surface area (Å²) < 4.78 is 29.1. The molecule has 4 rings (SSSR count). The Morgan fingerprint density at radius 3 is 2.11 bits per heavy atom. The van der Waals surface area contributed by atoms with Gasteiger partial charge in [-0.05, 0) is 68.7 Å². The Bertz CT molecular complexity index is 1200. The molecule has 8 heteroatoms. The molecular weight excluding hydrogens is 484 g/mol. The van der Waals surface area contributed by atoms with Crippen LogP contribution in [0.3, 0.4) is 0 Å². The zero-order chi connectivity index (χ0) is 27.2. The highest BCUT2D eigenvalue weighted by Gasteiger charge is 2.29. The van der Waals surface area contributed by atoms with Crippen LogP contribution < -0.4 is 4.90 Å². The summed E-state index contributed by atoms with van der Waals surface area (Å²) in [6.07, 6.45) is 1.76. The van der Waals surface area contributed by atoms with Gasteiger partial charge in [-0.15, -0.1) is 0 Å². The summed E-state index contributed by atoms with van der Waals surface area (Å²) in [4.78, 5) is 20.2. The summed E-state index contributed by atoms with van der Waals surface area (Å²) in [5.74, 6) is 0.386. The van der Waals surface area contributed by atoms with Crippen molar-refractivity contribution in [3.05, 3.63) is 77.0 Å². The predicted octanol–water partition coefficient (Wildman–Crippen LogP) is 5.22. The number of rotatable bonds is 10. The maximum atomic E-state index is 13.8. The van der Waals surface area contributed by atoms with Crippen molar-refractivity contribution in [2.45, 2.75) is 59.5 Å². The van der Waals surface area contributed by atoms with E-state index in [-0.39, 0.29) is 24.0 Å². The molecule has 0 unspecified atom stereocenters. The number of aromatic nitrogens is 2. The van der Waals surface area contributed by atoms with Gasteiger partial charge in [0.15, 0.2) is 0 Å². The lowest BCUT2D eigenvalue weighted by Gasteiger charge is -2.38. The van der Waals surface area contributed by atoms with Crippen LogP contribution in [0, 0.1) is 11.6 Å². The van der Waals surface area contributed by atoms with Gasteiger partial charge in [0.25, 0.3) is 0 Å². The van der Waals surface area contributed by atoms with Crippen LogP contribution in [0.2, 0.25) is 0 Å². The lowest BCUT2D eigenvalue weighted by Crippen LogP contribution is -2.49. The van der Waals surface area contributed by atoms with Crippen molar-refractivity contribution in [2.24, 2.45) is 0 Å². The Hall–Kier alpha value is -3.26. The number of carbonyl (C=O) groups excluding carboxylic acids is 1. The number of aryl methyl sites for hydroxylation is 1. The second-order valence-electron chi connectivity index (χ2n) is 10.2. The van der Waals surface area contributed by atoms with Crippen LogP contribution in [0.5, 0.6) is 0 Å². The lowest BCUT2D eigenvalue weighted by atomic mass is 10.1. The molecule has 0 aliphatic carbocycles. The highest BCUT2D eigenvalue weighted by molar-refractivity contribution is 5.79. The fraction of sp³-hybridized carbons (Fsp3) is 0.467. The van der Waals surface area contributed by atoms with E-state index in [0.717, 1.165) is 60.9 Å². The number of piperazine rings is 1. The second kappa shape index (κ2) is 12.5. The van der Waals surface area contributed by atoms with E-state index in [1.54, 1.807) is 24.3 Å². The number of anilines is 1. The van der Waals surface area contributed by atoms with E-state index in [1.807, 2.05) is 9.58 Å².